The first kappa shape index (κ1) is 23.6. The summed E-state index contributed by atoms with van der Waals surface area (Å²) in [5.74, 6) is 0.857. The third-order valence-electron chi connectivity index (χ3n) is 6.82. The van der Waals surface area contributed by atoms with E-state index in [4.69, 9.17) is 4.98 Å². The van der Waals surface area contributed by atoms with Gasteiger partial charge in [0.25, 0.3) is 11.8 Å². The lowest BCUT2D eigenvalue weighted by molar-refractivity contribution is 0.0941. The number of carbonyl (C=O) groups excluding carboxylic acids is 2. The fourth-order valence-corrected chi connectivity index (χ4v) is 4.79. The number of aromatic nitrogens is 2. The number of amides is 2. The van der Waals surface area contributed by atoms with Crippen molar-refractivity contribution in [1.82, 2.24) is 14.9 Å². The second-order valence-electron chi connectivity index (χ2n) is 9.44. The van der Waals surface area contributed by atoms with Crippen LogP contribution >= 0.6 is 0 Å². The highest BCUT2D eigenvalue weighted by Gasteiger charge is 2.29. The quantitative estimate of drug-likeness (QED) is 0.435. The number of aryl methyl sites for hydroxylation is 1. The van der Waals surface area contributed by atoms with E-state index < -0.39 is 0 Å². The van der Waals surface area contributed by atoms with Crippen LogP contribution in [-0.2, 0) is 19.5 Å². The smallest absolute Gasteiger partial charge is 0.272 e. The van der Waals surface area contributed by atoms with Gasteiger partial charge in [-0.1, -0.05) is 48.5 Å². The van der Waals surface area contributed by atoms with E-state index in [2.05, 4.69) is 5.32 Å². The molecule has 0 bridgehead atoms. The van der Waals surface area contributed by atoms with Crippen molar-refractivity contribution in [2.24, 2.45) is 0 Å². The molecule has 0 saturated carbocycles. The zero-order valence-corrected chi connectivity index (χ0v) is 21.0. The Bertz CT molecular complexity index is 1420. The van der Waals surface area contributed by atoms with Crippen LogP contribution in [0.15, 0.2) is 66.7 Å². The molecular weight excluding hydrogens is 450 g/mol. The van der Waals surface area contributed by atoms with Crippen molar-refractivity contribution in [3.8, 4) is 0 Å². The van der Waals surface area contributed by atoms with Crippen molar-refractivity contribution < 1.29 is 9.59 Å². The first-order valence-electron chi connectivity index (χ1n) is 12.3. The maximum Gasteiger partial charge on any atom is 0.272 e. The molecule has 0 aliphatic carbocycles. The maximum atomic E-state index is 13.7. The fraction of sp³-hybridized carbons (Fsp3) is 0.276. The molecule has 0 radical (unpaired) electrons. The third-order valence-corrected chi connectivity index (χ3v) is 6.82. The minimum absolute atomic E-state index is 0.185. The lowest BCUT2D eigenvalue weighted by atomic mass is 10.0. The Morgan fingerprint density at radius 3 is 2.47 bits per heavy atom. The normalized spacial score (nSPS) is 12.8. The van der Waals surface area contributed by atoms with Gasteiger partial charge < -0.3 is 14.8 Å². The van der Waals surface area contributed by atoms with Gasteiger partial charge in [-0.15, -0.1) is 0 Å². The van der Waals surface area contributed by atoms with Gasteiger partial charge in [-0.05, 0) is 47.4 Å². The zero-order chi connectivity index (χ0) is 25.2. The van der Waals surface area contributed by atoms with Crippen LogP contribution in [-0.4, -0.2) is 42.5 Å². The Morgan fingerprint density at radius 1 is 0.944 bits per heavy atom. The number of hydrogen-bond acceptors (Lipinski definition) is 4. The molecule has 7 heteroatoms. The van der Waals surface area contributed by atoms with Crippen LogP contribution in [0.2, 0.25) is 0 Å². The largest absolute Gasteiger partial charge is 0.378 e. The molecule has 0 spiro atoms. The molecule has 0 fully saturated rings. The van der Waals surface area contributed by atoms with E-state index in [0.29, 0.717) is 23.6 Å². The number of benzene rings is 3. The summed E-state index contributed by atoms with van der Waals surface area (Å²) in [5, 5.41) is 4.93. The second kappa shape index (κ2) is 9.85. The first-order chi connectivity index (χ1) is 17.4. The molecule has 1 N–H and O–H groups in total. The predicted octanol–water partition coefficient (Wildman–Crippen LogP) is 4.65. The molecule has 0 unspecified atom stereocenters. The summed E-state index contributed by atoms with van der Waals surface area (Å²) < 4.78 is 1.98. The van der Waals surface area contributed by atoms with Crippen LogP contribution in [0.25, 0.3) is 10.8 Å². The Hall–Kier alpha value is -4.13. The average Bonchev–Trinajstić information content (AvgIpc) is 3.30. The lowest BCUT2D eigenvalue weighted by Gasteiger charge is -2.19. The summed E-state index contributed by atoms with van der Waals surface area (Å²) in [6, 6.07) is 21.6. The number of hydrogen-bond donors (Lipinski definition) is 1. The molecule has 4 aromatic rings. The fourth-order valence-electron chi connectivity index (χ4n) is 4.79. The van der Waals surface area contributed by atoms with Gasteiger partial charge in [0.05, 0.1) is 0 Å². The monoisotopic (exact) mass is 481 g/mol. The molecule has 2 amide bonds. The molecule has 1 aliphatic rings. The summed E-state index contributed by atoms with van der Waals surface area (Å²) in [6.07, 6.45) is 2.80. The Balaban J connectivity index is 1.44. The van der Waals surface area contributed by atoms with Crippen molar-refractivity contribution in [2.75, 3.05) is 30.9 Å². The van der Waals surface area contributed by atoms with Crippen molar-refractivity contribution in [3.05, 3.63) is 89.4 Å². The Morgan fingerprint density at radius 2 is 1.69 bits per heavy atom. The first-order valence-corrected chi connectivity index (χ1v) is 12.3. The molecule has 0 atom stereocenters. The van der Waals surface area contributed by atoms with E-state index in [0.717, 1.165) is 53.7 Å². The zero-order valence-electron chi connectivity index (χ0n) is 21.0. The lowest BCUT2D eigenvalue weighted by Crippen LogP contribution is -2.32. The van der Waals surface area contributed by atoms with Crippen molar-refractivity contribution in [3.63, 3.8) is 0 Å². The predicted molar refractivity (Wildman–Crippen MR) is 144 cm³/mol. The van der Waals surface area contributed by atoms with Gasteiger partial charge >= 0.3 is 0 Å². The molecular formula is C29H31N5O2. The SMILES string of the molecule is CN(C)c1ccc(CNC(=O)c2c(N(C)C(=O)c3cccc4ccccc34)nc3n2CCCC3)cc1. The van der Waals surface area contributed by atoms with Crippen molar-refractivity contribution in [2.45, 2.75) is 32.4 Å². The highest BCUT2D eigenvalue weighted by molar-refractivity contribution is 6.15. The summed E-state index contributed by atoms with van der Waals surface area (Å²) in [6.45, 7) is 1.12. The van der Waals surface area contributed by atoms with Gasteiger partial charge in [-0.25, -0.2) is 4.98 Å². The van der Waals surface area contributed by atoms with Crippen LogP contribution < -0.4 is 15.1 Å². The molecule has 36 heavy (non-hydrogen) atoms. The van der Waals surface area contributed by atoms with E-state index in [1.165, 1.54) is 4.90 Å². The van der Waals surface area contributed by atoms with Crippen LogP contribution in [0, 0.1) is 0 Å². The molecule has 5 rings (SSSR count). The number of nitrogens with zero attached hydrogens (tertiary/aromatic N) is 4. The van der Waals surface area contributed by atoms with Crippen LogP contribution in [0.4, 0.5) is 11.5 Å². The van der Waals surface area contributed by atoms with Gasteiger partial charge in [0.1, 0.15) is 5.82 Å². The number of anilines is 2. The molecule has 184 valence electrons. The van der Waals surface area contributed by atoms with E-state index >= 15 is 0 Å². The highest BCUT2D eigenvalue weighted by Crippen LogP contribution is 2.28. The molecule has 1 aromatic heterocycles. The number of carbonyl (C=O) groups is 2. The summed E-state index contributed by atoms with van der Waals surface area (Å²) in [5.41, 5.74) is 3.15. The molecule has 7 nitrogen and oxygen atoms in total. The Labute approximate surface area is 211 Å². The summed E-state index contributed by atoms with van der Waals surface area (Å²) in [4.78, 5) is 35.5. The number of nitrogens with one attached hydrogen (secondary N) is 1. The van der Waals surface area contributed by atoms with Gasteiger partial charge in [-0.2, -0.15) is 0 Å². The van der Waals surface area contributed by atoms with E-state index in [-0.39, 0.29) is 11.8 Å². The average molecular weight is 482 g/mol. The third kappa shape index (κ3) is 4.44. The van der Waals surface area contributed by atoms with E-state index in [1.807, 2.05) is 90.3 Å². The molecule has 3 aromatic carbocycles. The summed E-state index contributed by atoms with van der Waals surface area (Å²) in [7, 11) is 5.70. The minimum atomic E-state index is -0.222. The molecule has 1 aliphatic heterocycles. The number of rotatable bonds is 6. The standard InChI is InChI=1S/C29H31N5O2/c1-32(2)22-16-14-20(15-17-22)19-30-28(35)26-27(31-25-13-6-7-18-34(25)26)33(3)29(36)24-12-8-10-21-9-4-5-11-23(21)24/h4-5,8-12,14-17H,6-7,13,18-19H2,1-3H3,(H,30,35). The number of fused-ring (bicyclic) bond motifs is 2. The highest BCUT2D eigenvalue weighted by atomic mass is 16.2. The van der Waals surface area contributed by atoms with Crippen LogP contribution in [0.3, 0.4) is 0 Å². The van der Waals surface area contributed by atoms with Crippen LogP contribution in [0.5, 0.6) is 0 Å². The van der Waals surface area contributed by atoms with Gasteiger partial charge in [-0.3, -0.25) is 14.5 Å². The second-order valence-corrected chi connectivity index (χ2v) is 9.44. The Kier molecular flexibility index (Phi) is 6.46. The minimum Gasteiger partial charge on any atom is -0.378 e. The topological polar surface area (TPSA) is 70.5 Å². The molecule has 0 saturated heterocycles. The maximum absolute atomic E-state index is 13.7. The van der Waals surface area contributed by atoms with E-state index in [9.17, 15) is 9.59 Å². The van der Waals surface area contributed by atoms with Gasteiger partial charge in [0, 0.05) is 51.9 Å². The van der Waals surface area contributed by atoms with Gasteiger partial charge in [0.2, 0.25) is 0 Å². The number of imidazole rings is 1. The van der Waals surface area contributed by atoms with Crippen molar-refractivity contribution >= 4 is 34.1 Å². The summed E-state index contributed by atoms with van der Waals surface area (Å²) >= 11 is 0. The van der Waals surface area contributed by atoms with E-state index in [1.54, 1.807) is 7.05 Å². The van der Waals surface area contributed by atoms with Crippen LogP contribution in [0.1, 0.15) is 45.1 Å². The van der Waals surface area contributed by atoms with Gasteiger partial charge in [0.15, 0.2) is 11.5 Å². The van der Waals surface area contributed by atoms with Crippen molar-refractivity contribution in [1.29, 1.82) is 0 Å². The molecule has 2 heterocycles.